The number of benzene rings is 1. The lowest BCUT2D eigenvalue weighted by atomic mass is 10.3. The summed E-state index contributed by atoms with van der Waals surface area (Å²) in [5, 5.41) is 0. The summed E-state index contributed by atoms with van der Waals surface area (Å²) in [5.74, 6) is 0.338. The molecule has 0 aliphatic heterocycles. The summed E-state index contributed by atoms with van der Waals surface area (Å²) in [6, 6.07) is 6.21. The van der Waals surface area contributed by atoms with Crippen LogP contribution < -0.4 is 9.47 Å². The Labute approximate surface area is 121 Å². The minimum Gasteiger partial charge on any atom is -0.487 e. The highest BCUT2D eigenvalue weighted by molar-refractivity contribution is 7.93. The summed E-state index contributed by atoms with van der Waals surface area (Å²) >= 11 is 1.19. The van der Waals surface area contributed by atoms with Gasteiger partial charge in [-0.05, 0) is 24.2 Å². The smallest absolute Gasteiger partial charge is 0.422 e. The Bertz CT molecular complexity index is 359. The normalized spacial score (nSPS) is 10.5. The minimum atomic E-state index is -4.37. The van der Waals surface area contributed by atoms with Crippen molar-refractivity contribution in [3.63, 3.8) is 0 Å². The van der Waals surface area contributed by atoms with Gasteiger partial charge in [-0.1, -0.05) is 26.0 Å². The maximum Gasteiger partial charge on any atom is 0.422 e. The Morgan fingerprint density at radius 1 is 1.00 bits per heavy atom. The predicted molar refractivity (Wildman–Crippen MR) is 74.3 cm³/mol. The van der Waals surface area contributed by atoms with E-state index in [1.165, 1.54) is 18.1 Å². The lowest BCUT2D eigenvalue weighted by Crippen LogP contribution is -2.19. The molecule has 1 rings (SSSR count). The van der Waals surface area contributed by atoms with Crippen molar-refractivity contribution in [2.24, 2.45) is 0 Å². The second-order valence-corrected chi connectivity index (χ2v) is 3.76. The van der Waals surface area contributed by atoms with Gasteiger partial charge >= 0.3 is 6.18 Å². The molecule has 1 aromatic rings. The van der Waals surface area contributed by atoms with Gasteiger partial charge in [-0.25, -0.2) is 0 Å². The van der Waals surface area contributed by atoms with Crippen LogP contribution in [0.2, 0.25) is 0 Å². The van der Waals surface area contributed by atoms with Gasteiger partial charge in [0.15, 0.2) is 18.1 Å². The fourth-order valence-corrected chi connectivity index (χ4v) is 1.35. The first-order chi connectivity index (χ1) is 9.53. The Morgan fingerprint density at radius 2 is 1.55 bits per heavy atom. The van der Waals surface area contributed by atoms with E-state index in [2.05, 4.69) is 4.74 Å². The zero-order chi connectivity index (χ0) is 15.4. The number of hydrogen-bond acceptors (Lipinski definition) is 4. The van der Waals surface area contributed by atoms with Crippen molar-refractivity contribution in [1.29, 1.82) is 0 Å². The molecule has 0 unspecified atom stereocenters. The number of ether oxygens (including phenoxy) is 2. The van der Waals surface area contributed by atoms with Crippen molar-refractivity contribution in [3.8, 4) is 11.5 Å². The van der Waals surface area contributed by atoms with Crippen LogP contribution in [0.25, 0.3) is 0 Å². The molecule has 1 aromatic carbocycles. The Kier molecular flexibility index (Phi) is 10.1. The molecule has 0 N–H and O–H groups in total. The molecule has 116 valence electrons. The third kappa shape index (κ3) is 8.92. The molecule has 0 radical (unpaired) electrons. The van der Waals surface area contributed by atoms with Crippen LogP contribution in [-0.4, -0.2) is 32.3 Å². The van der Waals surface area contributed by atoms with Crippen LogP contribution in [0, 0.1) is 0 Å². The second kappa shape index (κ2) is 10.7. The van der Waals surface area contributed by atoms with E-state index < -0.39 is 12.8 Å². The van der Waals surface area contributed by atoms with Crippen molar-refractivity contribution < 1.29 is 26.8 Å². The molecule has 0 aliphatic carbocycles. The van der Waals surface area contributed by atoms with Crippen LogP contribution in [-0.2, 0) is 4.18 Å². The Morgan fingerprint density at radius 3 is 2.05 bits per heavy atom. The van der Waals surface area contributed by atoms with Crippen molar-refractivity contribution in [2.75, 3.05) is 26.1 Å². The molecule has 0 saturated carbocycles. The molecule has 7 heteroatoms. The molecule has 0 fully saturated rings. The van der Waals surface area contributed by atoms with Crippen molar-refractivity contribution >= 4 is 12.0 Å². The molecule has 0 amide bonds. The van der Waals surface area contributed by atoms with E-state index in [0.717, 1.165) is 0 Å². The summed E-state index contributed by atoms with van der Waals surface area (Å²) in [5.41, 5.74) is 0. The monoisotopic (exact) mass is 312 g/mol. The molecule has 0 atom stereocenters. The standard InChI is InChI=1S/C11H13F3O3S.C2H6/c1-18-17-7-6-15-9-4-2-3-5-10(9)16-8-11(12,13)14;1-2/h2-5H,6-8H2,1H3;1-2H3. The summed E-state index contributed by atoms with van der Waals surface area (Å²) in [4.78, 5) is 0. The van der Waals surface area contributed by atoms with Gasteiger partial charge in [0.2, 0.25) is 0 Å². The van der Waals surface area contributed by atoms with Gasteiger partial charge in [0.25, 0.3) is 0 Å². The average Bonchev–Trinajstić information content (AvgIpc) is 2.44. The van der Waals surface area contributed by atoms with Gasteiger partial charge in [-0.2, -0.15) is 13.2 Å². The molecular weight excluding hydrogens is 293 g/mol. The average molecular weight is 312 g/mol. The first-order valence-corrected chi connectivity index (χ1v) is 7.25. The first-order valence-electron chi connectivity index (χ1n) is 6.10. The largest absolute Gasteiger partial charge is 0.487 e. The highest BCUT2D eigenvalue weighted by Gasteiger charge is 2.28. The number of para-hydroxylation sites is 2. The fourth-order valence-electron chi connectivity index (χ4n) is 1.12. The van der Waals surface area contributed by atoms with Crippen molar-refractivity contribution in [2.45, 2.75) is 20.0 Å². The van der Waals surface area contributed by atoms with Gasteiger partial charge in [0, 0.05) is 6.26 Å². The van der Waals surface area contributed by atoms with E-state index in [1.54, 1.807) is 24.5 Å². The molecule has 0 saturated heterocycles. The van der Waals surface area contributed by atoms with E-state index >= 15 is 0 Å². The summed E-state index contributed by atoms with van der Waals surface area (Å²) in [6.07, 6.45) is -2.60. The van der Waals surface area contributed by atoms with Crippen molar-refractivity contribution in [3.05, 3.63) is 24.3 Å². The van der Waals surface area contributed by atoms with E-state index in [4.69, 9.17) is 8.92 Å². The Hall–Kier alpha value is -1.08. The number of rotatable bonds is 7. The lowest BCUT2D eigenvalue weighted by Gasteiger charge is -2.13. The number of alkyl halides is 3. The summed E-state index contributed by atoms with van der Waals surface area (Å²) < 4.78 is 51.0. The Balaban J connectivity index is 0.00000172. The highest BCUT2D eigenvalue weighted by atomic mass is 32.2. The minimum absolute atomic E-state index is 0.0685. The lowest BCUT2D eigenvalue weighted by molar-refractivity contribution is -0.153. The predicted octanol–water partition coefficient (Wildman–Crippen LogP) is 4.33. The highest BCUT2D eigenvalue weighted by Crippen LogP contribution is 2.28. The summed E-state index contributed by atoms with van der Waals surface area (Å²) in [6.45, 7) is 3.25. The zero-order valence-corrected chi connectivity index (χ0v) is 12.5. The molecule has 0 aromatic heterocycles. The van der Waals surface area contributed by atoms with Gasteiger partial charge in [0.1, 0.15) is 6.61 Å². The second-order valence-electron chi connectivity index (χ2n) is 3.19. The molecule has 0 bridgehead atoms. The maximum atomic E-state index is 12.0. The third-order valence-corrected chi connectivity index (χ3v) is 2.18. The first kappa shape index (κ1) is 18.9. The maximum absolute atomic E-state index is 12.0. The van der Waals surface area contributed by atoms with Crippen LogP contribution >= 0.6 is 12.0 Å². The van der Waals surface area contributed by atoms with Crippen molar-refractivity contribution in [1.82, 2.24) is 0 Å². The van der Waals surface area contributed by atoms with Crippen LogP contribution in [0.15, 0.2) is 24.3 Å². The topological polar surface area (TPSA) is 27.7 Å². The van der Waals surface area contributed by atoms with Gasteiger partial charge in [-0.15, -0.1) is 0 Å². The van der Waals surface area contributed by atoms with Crippen LogP contribution in [0.1, 0.15) is 13.8 Å². The number of hydrogen-bond donors (Lipinski definition) is 0. The molecule has 0 heterocycles. The number of halogens is 3. The zero-order valence-electron chi connectivity index (χ0n) is 11.7. The van der Waals surface area contributed by atoms with Crippen LogP contribution in [0.5, 0.6) is 11.5 Å². The van der Waals surface area contributed by atoms with Gasteiger partial charge in [0.05, 0.1) is 6.61 Å². The molecule has 0 spiro atoms. The van der Waals surface area contributed by atoms with E-state index in [-0.39, 0.29) is 18.1 Å². The van der Waals surface area contributed by atoms with E-state index in [9.17, 15) is 13.2 Å². The molecule has 20 heavy (non-hydrogen) atoms. The SMILES string of the molecule is CC.CSOCCOc1ccccc1OCC(F)(F)F. The van der Waals surface area contributed by atoms with E-state index in [1.807, 2.05) is 13.8 Å². The molecule has 3 nitrogen and oxygen atoms in total. The fraction of sp³-hybridized carbons (Fsp3) is 0.538. The van der Waals surface area contributed by atoms with Gasteiger partial charge < -0.3 is 13.7 Å². The quantitative estimate of drug-likeness (QED) is 0.553. The van der Waals surface area contributed by atoms with Crippen LogP contribution in [0.4, 0.5) is 13.2 Å². The third-order valence-electron chi connectivity index (χ3n) is 1.78. The van der Waals surface area contributed by atoms with E-state index in [0.29, 0.717) is 6.61 Å². The molecular formula is C13H19F3O3S. The van der Waals surface area contributed by atoms with Crippen LogP contribution in [0.3, 0.4) is 0 Å². The van der Waals surface area contributed by atoms with Gasteiger partial charge in [-0.3, -0.25) is 0 Å². The summed E-state index contributed by atoms with van der Waals surface area (Å²) in [7, 11) is 0. The molecule has 0 aliphatic rings.